The van der Waals surface area contributed by atoms with E-state index in [-0.39, 0.29) is 15.4 Å². The van der Waals surface area contributed by atoms with Gasteiger partial charge in [0.15, 0.2) is 4.32 Å². The highest BCUT2D eigenvalue weighted by Gasteiger charge is 2.46. The minimum absolute atomic E-state index is 0.136. The van der Waals surface area contributed by atoms with Gasteiger partial charge in [-0.15, -0.1) is 0 Å². The zero-order chi connectivity index (χ0) is 19.8. The number of hydrogen-bond donors (Lipinski definition) is 0. The molecule has 8 heteroatoms. The van der Waals surface area contributed by atoms with Crippen LogP contribution in [0.15, 0.2) is 53.4 Å². The summed E-state index contributed by atoms with van der Waals surface area (Å²) in [6, 6.07) is 13.7. The third-order valence-corrected chi connectivity index (χ3v) is 5.52. The van der Waals surface area contributed by atoms with Crippen LogP contribution in [0.2, 0.25) is 0 Å². The van der Waals surface area contributed by atoms with Gasteiger partial charge in [0.25, 0.3) is 17.7 Å². The summed E-state index contributed by atoms with van der Waals surface area (Å²) in [5.41, 5.74) is 1.31. The molecule has 3 amide bonds. The maximum Gasteiger partial charge on any atom is 0.285 e. The number of benzene rings is 2. The summed E-state index contributed by atoms with van der Waals surface area (Å²) in [7, 11) is 0. The molecule has 4 rings (SSSR count). The fraction of sp³-hybridized carbons (Fsp3) is 0.100. The quantitative estimate of drug-likeness (QED) is 0.437. The molecule has 0 radical (unpaired) electrons. The van der Waals surface area contributed by atoms with E-state index in [9.17, 15) is 14.4 Å². The lowest BCUT2D eigenvalue weighted by atomic mass is 10.1. The van der Waals surface area contributed by atoms with Crippen LogP contribution in [0.4, 0.5) is 0 Å². The zero-order valence-electron chi connectivity index (χ0n) is 14.7. The van der Waals surface area contributed by atoms with Crippen molar-refractivity contribution in [2.75, 3.05) is 6.61 Å². The van der Waals surface area contributed by atoms with Gasteiger partial charge in [-0.25, -0.2) is 0 Å². The number of fused-ring (bicyclic) bond motifs is 1. The number of rotatable bonds is 4. The molecule has 2 aromatic rings. The number of amides is 3. The molecule has 2 aromatic carbocycles. The number of thiocarbonyl (C=S) groups is 1. The molecule has 0 saturated carbocycles. The second-order valence-electron chi connectivity index (χ2n) is 5.96. The van der Waals surface area contributed by atoms with Crippen LogP contribution in [0.5, 0.6) is 5.75 Å². The first kappa shape index (κ1) is 18.4. The lowest BCUT2D eigenvalue weighted by Gasteiger charge is -2.23. The van der Waals surface area contributed by atoms with Crippen LogP contribution in [0.25, 0.3) is 6.08 Å². The van der Waals surface area contributed by atoms with Gasteiger partial charge in [-0.3, -0.25) is 14.4 Å². The molecule has 28 heavy (non-hydrogen) atoms. The van der Waals surface area contributed by atoms with Crippen molar-refractivity contribution < 1.29 is 19.1 Å². The summed E-state index contributed by atoms with van der Waals surface area (Å²) >= 11 is 6.33. The maximum atomic E-state index is 12.9. The van der Waals surface area contributed by atoms with Crippen molar-refractivity contribution in [3.8, 4) is 5.75 Å². The third kappa shape index (κ3) is 3.00. The van der Waals surface area contributed by atoms with E-state index >= 15 is 0 Å². The molecule has 2 aliphatic rings. The molecule has 0 atom stereocenters. The summed E-state index contributed by atoms with van der Waals surface area (Å²) in [5, 5.41) is 1.80. The molecule has 0 aromatic heterocycles. The number of carbonyl (C=O) groups is 3. The Morgan fingerprint density at radius 1 is 0.929 bits per heavy atom. The summed E-state index contributed by atoms with van der Waals surface area (Å²) in [6.07, 6.45) is 1.67. The predicted octanol–water partition coefficient (Wildman–Crippen LogP) is 3.50. The van der Waals surface area contributed by atoms with Crippen molar-refractivity contribution in [2.24, 2.45) is 0 Å². The predicted molar refractivity (Wildman–Crippen MR) is 110 cm³/mol. The highest BCUT2D eigenvalue weighted by molar-refractivity contribution is 8.26. The Bertz CT molecular complexity index is 1010. The van der Waals surface area contributed by atoms with Gasteiger partial charge < -0.3 is 4.74 Å². The SMILES string of the molecule is CCOc1ccc(/C=C2/SC(=S)N(N3C(=O)c4ccccc4C3=O)C2=O)cc1. The van der Waals surface area contributed by atoms with Crippen LogP contribution in [0.3, 0.4) is 0 Å². The topological polar surface area (TPSA) is 66.9 Å². The van der Waals surface area contributed by atoms with Gasteiger partial charge in [0.2, 0.25) is 0 Å². The van der Waals surface area contributed by atoms with Crippen LogP contribution in [-0.2, 0) is 4.79 Å². The van der Waals surface area contributed by atoms with Crippen molar-refractivity contribution in [2.45, 2.75) is 6.92 Å². The Morgan fingerprint density at radius 2 is 1.54 bits per heavy atom. The molecular weight excluding hydrogens is 396 g/mol. The fourth-order valence-corrected chi connectivity index (χ4v) is 4.21. The molecule has 0 bridgehead atoms. The fourth-order valence-electron chi connectivity index (χ4n) is 2.97. The van der Waals surface area contributed by atoms with E-state index in [1.165, 1.54) is 0 Å². The number of carbonyl (C=O) groups excluding carboxylic acids is 3. The van der Waals surface area contributed by atoms with Gasteiger partial charge in [-0.2, -0.15) is 10.0 Å². The molecule has 2 aliphatic heterocycles. The van der Waals surface area contributed by atoms with E-state index in [0.29, 0.717) is 11.5 Å². The first-order valence-electron chi connectivity index (χ1n) is 8.50. The summed E-state index contributed by atoms with van der Waals surface area (Å²) in [4.78, 5) is 38.6. The molecule has 1 fully saturated rings. The van der Waals surface area contributed by atoms with Gasteiger partial charge in [-0.1, -0.05) is 36.0 Å². The van der Waals surface area contributed by atoms with E-state index in [1.54, 1.807) is 42.5 Å². The standard InChI is InChI=1S/C20H14N2O4S2/c1-2-26-13-9-7-12(8-10-13)11-16-19(25)22(20(27)28-16)21-17(23)14-5-3-4-6-15(14)18(21)24/h3-11H,2H2,1H3/b16-11+. The minimum atomic E-state index is -0.556. The van der Waals surface area contributed by atoms with Gasteiger partial charge in [0.05, 0.1) is 22.6 Å². The Morgan fingerprint density at radius 3 is 2.11 bits per heavy atom. The third-order valence-electron chi connectivity index (χ3n) is 4.23. The Hall–Kier alpha value is -2.97. The van der Waals surface area contributed by atoms with Crippen LogP contribution in [-0.4, -0.2) is 38.7 Å². The molecule has 0 spiro atoms. The molecule has 0 N–H and O–H groups in total. The number of hydrazine groups is 1. The molecule has 140 valence electrons. The van der Waals surface area contributed by atoms with E-state index in [4.69, 9.17) is 17.0 Å². The Labute approximate surface area is 170 Å². The summed E-state index contributed by atoms with van der Waals surface area (Å²) in [6.45, 7) is 2.47. The Kier molecular flexibility index (Phi) is 4.74. The van der Waals surface area contributed by atoms with Gasteiger partial charge >= 0.3 is 0 Å². The van der Waals surface area contributed by atoms with Crippen molar-refractivity contribution in [3.05, 3.63) is 70.1 Å². The molecular formula is C20H14N2O4S2. The van der Waals surface area contributed by atoms with Crippen molar-refractivity contribution >= 4 is 52.1 Å². The van der Waals surface area contributed by atoms with E-state index in [1.807, 2.05) is 19.1 Å². The van der Waals surface area contributed by atoms with Crippen LogP contribution >= 0.6 is 24.0 Å². The normalized spacial score (nSPS) is 17.7. The maximum absolute atomic E-state index is 12.9. The summed E-state index contributed by atoms with van der Waals surface area (Å²) < 4.78 is 5.54. The van der Waals surface area contributed by atoms with E-state index < -0.39 is 17.7 Å². The molecule has 2 heterocycles. The number of hydrogen-bond acceptors (Lipinski definition) is 6. The highest BCUT2D eigenvalue weighted by Crippen LogP contribution is 2.36. The summed E-state index contributed by atoms with van der Waals surface area (Å²) in [5.74, 6) is -0.880. The zero-order valence-corrected chi connectivity index (χ0v) is 16.4. The van der Waals surface area contributed by atoms with Crippen LogP contribution < -0.4 is 4.74 Å². The van der Waals surface area contributed by atoms with Gasteiger partial charge in [-0.05, 0) is 55.0 Å². The lowest BCUT2D eigenvalue weighted by molar-refractivity contribution is -0.128. The first-order chi connectivity index (χ1) is 13.5. The van der Waals surface area contributed by atoms with Crippen molar-refractivity contribution in [3.63, 3.8) is 0 Å². The number of imide groups is 1. The second kappa shape index (κ2) is 7.21. The molecule has 0 aliphatic carbocycles. The highest BCUT2D eigenvalue weighted by atomic mass is 32.2. The van der Waals surface area contributed by atoms with Gasteiger partial charge in [0, 0.05) is 0 Å². The second-order valence-corrected chi connectivity index (χ2v) is 7.64. The molecule has 6 nitrogen and oxygen atoms in total. The van der Waals surface area contributed by atoms with E-state index in [0.717, 1.165) is 33.1 Å². The molecule has 1 saturated heterocycles. The van der Waals surface area contributed by atoms with Crippen molar-refractivity contribution in [1.29, 1.82) is 0 Å². The molecule has 0 unspecified atom stereocenters. The minimum Gasteiger partial charge on any atom is -0.494 e. The smallest absolute Gasteiger partial charge is 0.285 e. The lowest BCUT2D eigenvalue weighted by Crippen LogP contribution is -2.48. The first-order valence-corrected chi connectivity index (χ1v) is 9.72. The Balaban J connectivity index is 1.61. The number of nitrogens with zero attached hydrogens (tertiary/aromatic N) is 2. The van der Waals surface area contributed by atoms with E-state index in [2.05, 4.69) is 0 Å². The number of thioether (sulfide) groups is 1. The van der Waals surface area contributed by atoms with Crippen molar-refractivity contribution in [1.82, 2.24) is 10.0 Å². The van der Waals surface area contributed by atoms with Crippen LogP contribution in [0, 0.1) is 0 Å². The average molecular weight is 410 g/mol. The monoisotopic (exact) mass is 410 g/mol. The number of ether oxygens (including phenoxy) is 1. The van der Waals surface area contributed by atoms with Crippen LogP contribution in [0.1, 0.15) is 33.2 Å². The van der Waals surface area contributed by atoms with Gasteiger partial charge in [0.1, 0.15) is 5.75 Å². The largest absolute Gasteiger partial charge is 0.494 e. The average Bonchev–Trinajstić information content (AvgIpc) is 3.10.